The number of aliphatic hydroxyl groups excluding tert-OH is 1. The first-order valence-corrected chi connectivity index (χ1v) is 10.8. The lowest BCUT2D eigenvalue weighted by molar-refractivity contribution is 0.0511. The van der Waals surface area contributed by atoms with E-state index in [1.54, 1.807) is 12.1 Å². The molecule has 0 saturated heterocycles. The zero-order chi connectivity index (χ0) is 22.4. The predicted octanol–water partition coefficient (Wildman–Crippen LogP) is 6.76. The van der Waals surface area contributed by atoms with Crippen molar-refractivity contribution < 1.29 is 19.3 Å². The molecular formula is C25H26Cl2O4. The lowest BCUT2D eigenvalue weighted by atomic mass is 9.94. The molecule has 1 atom stereocenters. The van der Waals surface area contributed by atoms with Gasteiger partial charge in [-0.05, 0) is 46.9 Å². The first kappa shape index (κ1) is 23.4. The summed E-state index contributed by atoms with van der Waals surface area (Å²) in [5.74, 6) is 1.46. The van der Waals surface area contributed by atoms with Crippen LogP contribution in [0.1, 0.15) is 48.1 Å². The molecule has 4 nitrogen and oxygen atoms in total. The van der Waals surface area contributed by atoms with Crippen LogP contribution in [0.15, 0.2) is 60.7 Å². The number of ether oxygens (including phenoxy) is 3. The number of rotatable bonds is 9. The third-order valence-electron chi connectivity index (χ3n) is 4.88. The van der Waals surface area contributed by atoms with Crippen LogP contribution in [0.25, 0.3) is 0 Å². The molecule has 3 aromatic carbocycles. The summed E-state index contributed by atoms with van der Waals surface area (Å²) < 4.78 is 16.4. The normalized spacial score (nSPS) is 12.1. The van der Waals surface area contributed by atoms with E-state index in [1.165, 1.54) is 7.11 Å². The largest absolute Gasteiger partial charge is 0.489 e. The van der Waals surface area contributed by atoms with E-state index in [9.17, 15) is 5.11 Å². The second-order valence-corrected chi connectivity index (χ2v) is 8.29. The van der Waals surface area contributed by atoms with Crippen LogP contribution in [-0.4, -0.2) is 19.0 Å². The lowest BCUT2D eigenvalue weighted by Gasteiger charge is -2.20. The van der Waals surface area contributed by atoms with E-state index >= 15 is 0 Å². The van der Waals surface area contributed by atoms with Crippen LogP contribution in [0.5, 0.6) is 11.5 Å². The fourth-order valence-corrected chi connectivity index (χ4v) is 3.93. The maximum absolute atomic E-state index is 11.1. The summed E-state index contributed by atoms with van der Waals surface area (Å²) in [4.78, 5) is 0. The summed E-state index contributed by atoms with van der Waals surface area (Å²) in [7, 11) is 1.53. The molecule has 0 aliphatic heterocycles. The van der Waals surface area contributed by atoms with Gasteiger partial charge in [0, 0.05) is 12.7 Å². The molecule has 164 valence electrons. The third kappa shape index (κ3) is 5.92. The number of aliphatic hydroxyl groups is 1. The fourth-order valence-electron chi connectivity index (χ4n) is 3.25. The van der Waals surface area contributed by atoms with E-state index in [4.69, 9.17) is 37.4 Å². The Balaban J connectivity index is 1.86. The molecular weight excluding hydrogens is 435 g/mol. The number of benzene rings is 3. The zero-order valence-corrected chi connectivity index (χ0v) is 19.3. The maximum atomic E-state index is 11.1. The van der Waals surface area contributed by atoms with Crippen molar-refractivity contribution in [3.63, 3.8) is 0 Å². The van der Waals surface area contributed by atoms with E-state index in [2.05, 4.69) is 13.8 Å². The highest BCUT2D eigenvalue weighted by molar-refractivity contribution is 6.36. The van der Waals surface area contributed by atoms with Gasteiger partial charge in [-0.15, -0.1) is 0 Å². The number of halogens is 2. The van der Waals surface area contributed by atoms with Gasteiger partial charge in [-0.2, -0.15) is 0 Å². The summed E-state index contributed by atoms with van der Waals surface area (Å²) in [6, 6.07) is 18.9. The fraction of sp³-hybridized carbons (Fsp3) is 0.280. The quantitative estimate of drug-likeness (QED) is 0.358. The molecule has 0 heterocycles. The van der Waals surface area contributed by atoms with Crippen LogP contribution >= 0.6 is 23.2 Å². The average Bonchev–Trinajstić information content (AvgIpc) is 2.76. The van der Waals surface area contributed by atoms with E-state index in [-0.39, 0.29) is 12.7 Å². The van der Waals surface area contributed by atoms with Crippen LogP contribution in [0.4, 0.5) is 0 Å². The van der Waals surface area contributed by atoms with Crippen molar-refractivity contribution in [3.8, 4) is 11.5 Å². The van der Waals surface area contributed by atoms with Gasteiger partial charge in [0.1, 0.15) is 24.2 Å². The van der Waals surface area contributed by atoms with Gasteiger partial charge in [0.2, 0.25) is 0 Å². The first-order chi connectivity index (χ1) is 14.9. The minimum Gasteiger partial charge on any atom is -0.489 e. The lowest BCUT2D eigenvalue weighted by Crippen LogP contribution is -2.06. The summed E-state index contributed by atoms with van der Waals surface area (Å²) >= 11 is 12.8. The number of hydrogen-bond donors (Lipinski definition) is 1. The first-order valence-electron chi connectivity index (χ1n) is 10.00. The Kier molecular flexibility index (Phi) is 8.22. The van der Waals surface area contributed by atoms with Crippen molar-refractivity contribution in [3.05, 3.63) is 93.0 Å². The van der Waals surface area contributed by atoms with Gasteiger partial charge in [-0.3, -0.25) is 0 Å². The minimum absolute atomic E-state index is 0.0801. The van der Waals surface area contributed by atoms with Crippen LogP contribution in [0.3, 0.4) is 0 Å². The number of methoxy groups -OCH3 is 1. The highest BCUT2D eigenvalue weighted by Gasteiger charge is 2.21. The van der Waals surface area contributed by atoms with Gasteiger partial charge >= 0.3 is 0 Å². The highest BCUT2D eigenvalue weighted by Crippen LogP contribution is 2.39. The standard InChI is InChI=1S/C25H26Cl2O4/c1-16(2)20-11-18(9-10-23(20)30-14-17-7-5-4-6-8-17)25(28)24-21(26)12-19(13-22(24)27)31-15-29-3/h4-13,16,25,28H,14-15H2,1-3H3. The Hall–Kier alpha value is -2.24. The third-order valence-corrected chi connectivity index (χ3v) is 5.50. The molecule has 0 radical (unpaired) electrons. The van der Waals surface area contributed by atoms with Gasteiger partial charge in [0.05, 0.1) is 10.0 Å². The second kappa shape index (κ2) is 10.9. The van der Waals surface area contributed by atoms with Crippen molar-refractivity contribution in [2.75, 3.05) is 13.9 Å². The maximum Gasteiger partial charge on any atom is 0.188 e. The van der Waals surface area contributed by atoms with Crippen LogP contribution in [0, 0.1) is 0 Å². The molecule has 3 aromatic rings. The Morgan fingerprint density at radius 2 is 1.58 bits per heavy atom. The summed E-state index contributed by atoms with van der Waals surface area (Å²) in [6.07, 6.45) is -0.989. The van der Waals surface area contributed by atoms with Crippen molar-refractivity contribution in [2.24, 2.45) is 0 Å². The Morgan fingerprint density at radius 1 is 0.903 bits per heavy atom. The molecule has 0 aliphatic carbocycles. The molecule has 0 saturated carbocycles. The van der Waals surface area contributed by atoms with Crippen LogP contribution < -0.4 is 9.47 Å². The molecule has 0 bridgehead atoms. The molecule has 31 heavy (non-hydrogen) atoms. The smallest absolute Gasteiger partial charge is 0.188 e. The Morgan fingerprint density at radius 3 is 2.19 bits per heavy atom. The zero-order valence-electron chi connectivity index (χ0n) is 17.8. The SMILES string of the molecule is COCOc1cc(Cl)c(C(O)c2ccc(OCc3ccccc3)c(C(C)C)c2)c(Cl)c1. The summed E-state index contributed by atoms with van der Waals surface area (Å²) in [6.45, 7) is 4.73. The van der Waals surface area contributed by atoms with E-state index in [0.717, 1.165) is 16.9 Å². The monoisotopic (exact) mass is 460 g/mol. The van der Waals surface area contributed by atoms with E-state index in [0.29, 0.717) is 33.5 Å². The van der Waals surface area contributed by atoms with Gasteiger partial charge in [0.15, 0.2) is 6.79 Å². The topological polar surface area (TPSA) is 47.9 Å². The molecule has 1 unspecified atom stereocenters. The molecule has 0 aromatic heterocycles. The Bertz CT molecular complexity index is 983. The van der Waals surface area contributed by atoms with Gasteiger partial charge in [0.25, 0.3) is 0 Å². The van der Waals surface area contributed by atoms with Crippen LogP contribution in [-0.2, 0) is 11.3 Å². The van der Waals surface area contributed by atoms with Crippen molar-refractivity contribution in [2.45, 2.75) is 32.5 Å². The highest BCUT2D eigenvalue weighted by atomic mass is 35.5. The van der Waals surface area contributed by atoms with Crippen molar-refractivity contribution in [1.29, 1.82) is 0 Å². The molecule has 0 amide bonds. The summed E-state index contributed by atoms with van der Waals surface area (Å²) in [5.41, 5.74) is 3.21. The van der Waals surface area contributed by atoms with Gasteiger partial charge in [-0.25, -0.2) is 0 Å². The van der Waals surface area contributed by atoms with Crippen molar-refractivity contribution >= 4 is 23.2 Å². The van der Waals surface area contributed by atoms with Gasteiger partial charge < -0.3 is 19.3 Å². The average molecular weight is 461 g/mol. The second-order valence-electron chi connectivity index (χ2n) is 7.48. The molecule has 0 aliphatic rings. The predicted molar refractivity (Wildman–Crippen MR) is 124 cm³/mol. The van der Waals surface area contributed by atoms with Crippen molar-refractivity contribution in [1.82, 2.24) is 0 Å². The van der Waals surface area contributed by atoms with Gasteiger partial charge in [-0.1, -0.05) is 73.4 Å². The summed E-state index contributed by atoms with van der Waals surface area (Å²) in [5, 5.41) is 11.7. The Labute approximate surface area is 193 Å². The molecule has 6 heteroatoms. The van der Waals surface area contributed by atoms with E-state index < -0.39 is 6.10 Å². The molecule has 0 fully saturated rings. The molecule has 3 rings (SSSR count). The minimum atomic E-state index is -0.989. The van der Waals surface area contributed by atoms with E-state index in [1.807, 2.05) is 48.5 Å². The number of hydrogen-bond acceptors (Lipinski definition) is 4. The molecule has 0 spiro atoms. The molecule has 1 N–H and O–H groups in total. The van der Waals surface area contributed by atoms with Crippen LogP contribution in [0.2, 0.25) is 10.0 Å².